The highest BCUT2D eigenvalue weighted by atomic mass is 127. The second-order valence-corrected chi connectivity index (χ2v) is 6.43. The molecule has 0 radical (unpaired) electrons. The minimum atomic E-state index is -3.44. The van der Waals surface area contributed by atoms with Crippen molar-refractivity contribution < 1.29 is 8.42 Å². The van der Waals surface area contributed by atoms with Crippen LogP contribution in [-0.2, 0) is 10.0 Å². The summed E-state index contributed by atoms with van der Waals surface area (Å²) in [6.45, 7) is 4.89. The number of sulfonamides is 1. The zero-order valence-electron chi connectivity index (χ0n) is 13.2. The van der Waals surface area contributed by atoms with Crippen molar-refractivity contribution in [2.45, 2.75) is 31.2 Å². The van der Waals surface area contributed by atoms with Crippen LogP contribution in [-0.4, -0.2) is 40.6 Å². The van der Waals surface area contributed by atoms with Crippen molar-refractivity contribution in [2.75, 3.05) is 20.1 Å². The second-order valence-electron chi connectivity index (χ2n) is 4.66. The summed E-state index contributed by atoms with van der Waals surface area (Å²) in [7, 11) is -1.76. The molecule has 0 saturated carbocycles. The van der Waals surface area contributed by atoms with Crippen LogP contribution in [0.5, 0.6) is 0 Å². The minimum absolute atomic E-state index is 0. The lowest BCUT2D eigenvalue weighted by molar-refractivity contribution is 0.579. The molecule has 1 rings (SSSR count). The molecule has 1 unspecified atom stereocenters. The van der Waals surface area contributed by atoms with E-state index in [0.29, 0.717) is 25.1 Å². The molecule has 0 spiro atoms. The van der Waals surface area contributed by atoms with E-state index in [1.807, 2.05) is 0 Å². The lowest BCUT2D eigenvalue weighted by atomic mass is 10.3. The van der Waals surface area contributed by atoms with E-state index in [4.69, 9.17) is 0 Å². The molecule has 0 aliphatic heterocycles. The second kappa shape index (κ2) is 10.8. The molecule has 8 heteroatoms. The Morgan fingerprint density at radius 3 is 2.41 bits per heavy atom. The third-order valence-corrected chi connectivity index (χ3v) is 4.46. The van der Waals surface area contributed by atoms with Crippen LogP contribution >= 0.6 is 24.0 Å². The topological polar surface area (TPSA) is 82.6 Å². The van der Waals surface area contributed by atoms with Gasteiger partial charge in [0, 0.05) is 26.2 Å². The van der Waals surface area contributed by atoms with Crippen LogP contribution < -0.4 is 15.4 Å². The van der Waals surface area contributed by atoms with Crippen LogP contribution in [0.3, 0.4) is 0 Å². The van der Waals surface area contributed by atoms with Gasteiger partial charge < -0.3 is 10.6 Å². The van der Waals surface area contributed by atoms with E-state index in [1.165, 1.54) is 0 Å². The fourth-order valence-corrected chi connectivity index (χ4v) is 2.63. The first kappa shape index (κ1) is 21.1. The number of guanidine groups is 1. The molecule has 0 fully saturated rings. The van der Waals surface area contributed by atoms with E-state index in [2.05, 4.69) is 34.2 Å². The van der Waals surface area contributed by atoms with Gasteiger partial charge >= 0.3 is 0 Å². The van der Waals surface area contributed by atoms with Crippen molar-refractivity contribution in [3.63, 3.8) is 0 Å². The average molecular weight is 440 g/mol. The minimum Gasteiger partial charge on any atom is -0.355 e. The molecule has 3 N–H and O–H groups in total. The van der Waals surface area contributed by atoms with Gasteiger partial charge in [0.1, 0.15) is 0 Å². The van der Waals surface area contributed by atoms with Crippen molar-refractivity contribution in [2.24, 2.45) is 4.99 Å². The maximum atomic E-state index is 12.0. The van der Waals surface area contributed by atoms with Crippen LogP contribution in [0.4, 0.5) is 0 Å². The first-order chi connectivity index (χ1) is 9.99. The number of rotatable bonds is 7. The monoisotopic (exact) mass is 440 g/mol. The highest BCUT2D eigenvalue weighted by Gasteiger charge is 2.12. The molecule has 126 valence electrons. The Bertz CT molecular complexity index is 549. The van der Waals surface area contributed by atoms with Gasteiger partial charge in [0.25, 0.3) is 0 Å². The standard InChI is InChI=1S/C14H24N4O2S.HI/c1-4-12(2)18-14(15-3)16-10-11-17-21(19,20)13-8-6-5-7-9-13;/h5-9,12,17H,4,10-11H2,1-3H3,(H2,15,16,18);1H. The van der Waals surface area contributed by atoms with Gasteiger partial charge in [-0.25, -0.2) is 13.1 Å². The molecule has 0 saturated heterocycles. The van der Waals surface area contributed by atoms with Crippen LogP contribution in [0.25, 0.3) is 0 Å². The molecule has 0 bridgehead atoms. The van der Waals surface area contributed by atoms with Gasteiger partial charge in [-0.3, -0.25) is 4.99 Å². The van der Waals surface area contributed by atoms with Crippen molar-refractivity contribution in [3.05, 3.63) is 30.3 Å². The molecule has 0 aliphatic carbocycles. The summed E-state index contributed by atoms with van der Waals surface area (Å²) in [6, 6.07) is 8.64. The van der Waals surface area contributed by atoms with Gasteiger partial charge in [0.05, 0.1) is 4.90 Å². The molecule has 6 nitrogen and oxygen atoms in total. The predicted molar refractivity (Wildman–Crippen MR) is 101 cm³/mol. The molecule has 0 aliphatic rings. The van der Waals surface area contributed by atoms with E-state index >= 15 is 0 Å². The number of halogens is 1. The number of hydrogen-bond acceptors (Lipinski definition) is 3. The van der Waals surface area contributed by atoms with Gasteiger partial charge in [-0.15, -0.1) is 24.0 Å². The third-order valence-electron chi connectivity index (χ3n) is 2.98. The maximum Gasteiger partial charge on any atom is 0.240 e. The Morgan fingerprint density at radius 1 is 1.23 bits per heavy atom. The number of aliphatic imine (C=N–C) groups is 1. The maximum absolute atomic E-state index is 12.0. The van der Waals surface area contributed by atoms with Crippen molar-refractivity contribution in [1.82, 2.24) is 15.4 Å². The van der Waals surface area contributed by atoms with Crippen LogP contribution in [0.1, 0.15) is 20.3 Å². The molecular formula is C14H25IN4O2S. The third kappa shape index (κ3) is 7.41. The van der Waals surface area contributed by atoms with Gasteiger partial charge in [-0.1, -0.05) is 25.1 Å². The molecule has 1 aromatic carbocycles. The number of hydrogen-bond donors (Lipinski definition) is 3. The quantitative estimate of drug-likeness (QED) is 0.260. The Hall–Kier alpha value is -0.870. The zero-order valence-corrected chi connectivity index (χ0v) is 16.3. The molecule has 0 aromatic heterocycles. The zero-order chi connectivity index (χ0) is 15.7. The lowest BCUT2D eigenvalue weighted by Crippen LogP contribution is -2.44. The first-order valence-electron chi connectivity index (χ1n) is 7.01. The fourth-order valence-electron chi connectivity index (χ4n) is 1.58. The summed E-state index contributed by atoms with van der Waals surface area (Å²) in [6.07, 6.45) is 0.987. The SMILES string of the molecule is CCC(C)NC(=NC)NCCNS(=O)(=O)c1ccccc1.I. The van der Waals surface area contributed by atoms with Crippen LogP contribution in [0, 0.1) is 0 Å². The number of nitrogens with zero attached hydrogens (tertiary/aromatic N) is 1. The summed E-state index contributed by atoms with van der Waals surface area (Å²) in [4.78, 5) is 4.36. The summed E-state index contributed by atoms with van der Waals surface area (Å²) in [5.41, 5.74) is 0. The summed E-state index contributed by atoms with van der Waals surface area (Å²) >= 11 is 0. The van der Waals surface area contributed by atoms with Crippen LogP contribution in [0.15, 0.2) is 40.2 Å². The fraction of sp³-hybridized carbons (Fsp3) is 0.500. The molecule has 0 amide bonds. The normalized spacial score (nSPS) is 13.1. The van der Waals surface area contributed by atoms with E-state index in [1.54, 1.807) is 37.4 Å². The van der Waals surface area contributed by atoms with Gasteiger partial charge in [-0.2, -0.15) is 0 Å². The Kier molecular flexibility index (Phi) is 10.4. The van der Waals surface area contributed by atoms with Gasteiger partial charge in [0.15, 0.2) is 5.96 Å². The summed E-state index contributed by atoms with van der Waals surface area (Å²) < 4.78 is 26.5. The van der Waals surface area contributed by atoms with Crippen molar-refractivity contribution in [1.29, 1.82) is 0 Å². The molecule has 1 atom stereocenters. The number of benzene rings is 1. The molecule has 0 heterocycles. The highest BCUT2D eigenvalue weighted by molar-refractivity contribution is 14.0. The van der Waals surface area contributed by atoms with Gasteiger partial charge in [0.2, 0.25) is 10.0 Å². The van der Waals surface area contributed by atoms with E-state index in [9.17, 15) is 8.42 Å². The summed E-state index contributed by atoms with van der Waals surface area (Å²) in [5, 5.41) is 6.28. The Balaban J connectivity index is 0.00000441. The van der Waals surface area contributed by atoms with Crippen LogP contribution in [0.2, 0.25) is 0 Å². The lowest BCUT2D eigenvalue weighted by Gasteiger charge is -2.16. The van der Waals surface area contributed by atoms with E-state index in [-0.39, 0.29) is 28.9 Å². The molecule has 1 aromatic rings. The van der Waals surface area contributed by atoms with E-state index in [0.717, 1.165) is 6.42 Å². The van der Waals surface area contributed by atoms with Crippen molar-refractivity contribution >= 4 is 40.0 Å². The van der Waals surface area contributed by atoms with Crippen molar-refractivity contribution in [3.8, 4) is 0 Å². The Labute approximate surface area is 150 Å². The smallest absolute Gasteiger partial charge is 0.240 e. The van der Waals surface area contributed by atoms with E-state index < -0.39 is 10.0 Å². The highest BCUT2D eigenvalue weighted by Crippen LogP contribution is 2.06. The predicted octanol–water partition coefficient (Wildman–Crippen LogP) is 1.55. The average Bonchev–Trinajstić information content (AvgIpc) is 2.50. The van der Waals surface area contributed by atoms with Gasteiger partial charge in [-0.05, 0) is 25.5 Å². The largest absolute Gasteiger partial charge is 0.355 e. The Morgan fingerprint density at radius 2 is 1.86 bits per heavy atom. The molecule has 22 heavy (non-hydrogen) atoms. The summed E-state index contributed by atoms with van der Waals surface area (Å²) in [5.74, 6) is 0.670. The number of nitrogens with one attached hydrogen (secondary N) is 3. The molecular weight excluding hydrogens is 415 g/mol. The first-order valence-corrected chi connectivity index (χ1v) is 8.49.